The highest BCUT2D eigenvalue weighted by atomic mass is 19.4. The highest BCUT2D eigenvalue weighted by Gasteiger charge is 2.46. The molecule has 0 radical (unpaired) electrons. The largest absolute Gasteiger partial charge is 0.464 e. The van der Waals surface area contributed by atoms with E-state index in [2.05, 4.69) is 26.7 Å². The number of esters is 1. The lowest BCUT2D eigenvalue weighted by Crippen LogP contribution is -2.64. The minimum atomic E-state index is -4.59. The van der Waals surface area contributed by atoms with Gasteiger partial charge in [0.1, 0.15) is 38.1 Å². The minimum absolute atomic E-state index is 0.0598. The number of benzene rings is 1. The van der Waals surface area contributed by atoms with Crippen molar-refractivity contribution in [3.63, 3.8) is 0 Å². The lowest BCUT2D eigenvalue weighted by atomic mass is 9.84. The number of aromatic nitrogens is 2. The molecule has 1 aromatic carbocycles. The van der Waals surface area contributed by atoms with Gasteiger partial charge in [0, 0.05) is 87.6 Å². The second-order valence-electron chi connectivity index (χ2n) is 21.8. The Morgan fingerprint density at radius 2 is 1.83 bits per heavy atom. The van der Waals surface area contributed by atoms with Crippen molar-refractivity contribution in [2.24, 2.45) is 11.3 Å². The number of pyridine rings is 1. The second-order valence-corrected chi connectivity index (χ2v) is 21.8. The third-order valence-electron chi connectivity index (χ3n) is 15.2. The first kappa shape index (κ1) is 55.3. The van der Waals surface area contributed by atoms with Gasteiger partial charge in [-0.2, -0.15) is 13.2 Å². The molecule has 3 aromatic rings. The maximum Gasteiger partial charge on any atom is 0.406 e. The number of fused-ring (bicyclic) bond motifs is 6. The third kappa shape index (κ3) is 12.4. The molecular weight excluding hydrogens is 979 g/mol. The predicted octanol–water partition coefficient (Wildman–Crippen LogP) is 6.42. The number of cyclic esters (lactones) is 1. The number of nitrogens with one attached hydrogen (secondary N) is 2. The number of likely N-dealkylation sites (N-methyl/N-ethyl adjacent to an activating group) is 1. The zero-order valence-corrected chi connectivity index (χ0v) is 44.0. The van der Waals surface area contributed by atoms with Gasteiger partial charge < -0.3 is 38.8 Å². The highest BCUT2D eigenvalue weighted by Crippen LogP contribution is 2.43. The van der Waals surface area contributed by atoms with Crippen molar-refractivity contribution in [1.29, 1.82) is 0 Å². The standard InChI is InChI=1S/C54H71F4N9O8/c1-34(2)46(62(6)51(72)64-24-18-53(19-25-64)30-65(33-75-53)44(68)15-8-20-55)48(69)60-42-29-63-22-10-12-37(28-63)36-16-17-43-39(26-36)40(27-52(4,5)32-74-50(71)41-14-11-23-67(61-41)49(42)70)47(66(43)31-54(56,57)58)38-13-9-21-59-45(38)35(3)73-7/h8-9,12-13,15-17,21,26,34-35,41-42,46,61H,10-11,14,18-20,22-25,27-33H2,1-7H3,(H,60,69)/b15-8+/t35-,41-,42-,46-/m0/s1. The van der Waals surface area contributed by atoms with E-state index in [1.54, 1.807) is 43.3 Å². The molecule has 6 bridgehead atoms. The SMILES string of the molecule is CO[C@@H](C)c1ncccc1-c1c2c3cc(ccc3n1CC(F)(F)F)C1=CCCN(C1)C[C@H](NC(=O)[C@H](C(C)C)N(C)C(=O)N1CCC3(CC1)CN(C(=O)/C=C/CF)CO3)C(=O)N1CCC[C@H](N1)C(=O)OCC(C)(C)C2. The highest BCUT2D eigenvalue weighted by molar-refractivity contribution is 5.95. The van der Waals surface area contributed by atoms with Crippen LogP contribution in [-0.4, -0.2) is 174 Å². The van der Waals surface area contributed by atoms with E-state index in [9.17, 15) is 41.5 Å². The van der Waals surface area contributed by atoms with Crippen LogP contribution in [0.15, 0.2) is 54.8 Å². The van der Waals surface area contributed by atoms with Crippen LogP contribution in [0.25, 0.3) is 27.7 Å². The molecule has 5 aliphatic heterocycles. The number of likely N-dealkylation sites (tertiary alicyclic amines) is 1. The van der Waals surface area contributed by atoms with Gasteiger partial charge in [0.2, 0.25) is 11.8 Å². The van der Waals surface area contributed by atoms with E-state index in [1.165, 1.54) is 32.6 Å². The van der Waals surface area contributed by atoms with E-state index in [0.717, 1.165) is 17.2 Å². The van der Waals surface area contributed by atoms with Gasteiger partial charge >= 0.3 is 18.2 Å². The molecule has 5 aliphatic rings. The van der Waals surface area contributed by atoms with E-state index in [4.69, 9.17) is 14.2 Å². The number of allylic oxidation sites excluding steroid dienone is 1. The van der Waals surface area contributed by atoms with Crippen LogP contribution in [0.1, 0.15) is 89.6 Å². The number of rotatable bonds is 10. The summed E-state index contributed by atoms with van der Waals surface area (Å²) in [7, 11) is 3.09. The summed E-state index contributed by atoms with van der Waals surface area (Å²) >= 11 is 0. The first-order valence-electron chi connectivity index (χ1n) is 25.9. The molecule has 7 heterocycles. The fourth-order valence-electron chi connectivity index (χ4n) is 11.3. The fraction of sp³-hybridized carbons (Fsp3) is 0.593. The zero-order chi connectivity index (χ0) is 54.0. The van der Waals surface area contributed by atoms with Gasteiger partial charge in [-0.3, -0.25) is 34.1 Å². The molecule has 0 saturated carbocycles. The molecule has 1 unspecified atom stereocenters. The number of carbonyl (C=O) groups is 5. The number of halogens is 4. The van der Waals surface area contributed by atoms with Gasteiger partial charge in [0.25, 0.3) is 5.91 Å². The van der Waals surface area contributed by atoms with E-state index < -0.39 is 72.4 Å². The number of methoxy groups -OCH3 is 1. The van der Waals surface area contributed by atoms with Crippen LogP contribution in [-0.2, 0) is 46.4 Å². The monoisotopic (exact) mass is 1050 g/mol. The first-order chi connectivity index (χ1) is 35.6. The van der Waals surface area contributed by atoms with Gasteiger partial charge in [-0.15, -0.1) is 0 Å². The number of hydrogen-bond donors (Lipinski definition) is 2. The van der Waals surface area contributed by atoms with Crippen molar-refractivity contribution in [2.75, 3.05) is 80.0 Å². The summed E-state index contributed by atoms with van der Waals surface area (Å²) in [6.45, 7) is 9.28. The second kappa shape index (κ2) is 22.7. The van der Waals surface area contributed by atoms with Crippen molar-refractivity contribution in [1.82, 2.24) is 44.9 Å². The Morgan fingerprint density at radius 1 is 1.07 bits per heavy atom. The van der Waals surface area contributed by atoms with Crippen molar-refractivity contribution in [2.45, 2.75) is 116 Å². The summed E-state index contributed by atoms with van der Waals surface area (Å²) in [6, 6.07) is 5.49. The van der Waals surface area contributed by atoms with Crippen LogP contribution in [0.4, 0.5) is 22.4 Å². The van der Waals surface area contributed by atoms with Crippen LogP contribution >= 0.6 is 0 Å². The van der Waals surface area contributed by atoms with E-state index in [1.807, 2.05) is 39.8 Å². The molecule has 5 atom stereocenters. The topological polar surface area (TPSA) is 171 Å². The minimum Gasteiger partial charge on any atom is -0.464 e. The van der Waals surface area contributed by atoms with Crippen LogP contribution in [0.5, 0.6) is 0 Å². The summed E-state index contributed by atoms with van der Waals surface area (Å²) in [5.41, 5.74) is 5.63. The molecule has 2 aromatic heterocycles. The van der Waals surface area contributed by atoms with Crippen LogP contribution in [0.2, 0.25) is 0 Å². The Labute approximate surface area is 435 Å². The lowest BCUT2D eigenvalue weighted by Gasteiger charge is -2.41. The van der Waals surface area contributed by atoms with Crippen LogP contribution in [0, 0.1) is 11.3 Å². The summed E-state index contributed by atoms with van der Waals surface area (Å²) in [6.07, 6.45) is 3.38. The first-order valence-corrected chi connectivity index (χ1v) is 25.9. The number of hydrazine groups is 1. The molecule has 8 rings (SSSR count). The van der Waals surface area contributed by atoms with Gasteiger partial charge in [-0.25, -0.2) is 14.6 Å². The molecule has 3 fully saturated rings. The third-order valence-corrected chi connectivity index (χ3v) is 15.2. The van der Waals surface area contributed by atoms with Crippen molar-refractivity contribution < 1.29 is 55.7 Å². The molecule has 75 heavy (non-hydrogen) atoms. The Bertz CT molecular complexity index is 2680. The summed E-state index contributed by atoms with van der Waals surface area (Å²) in [5.74, 6) is -2.34. The number of piperidine rings is 1. The number of amides is 5. The number of carbonyl (C=O) groups excluding carboxylic acids is 5. The van der Waals surface area contributed by atoms with Gasteiger partial charge in [-0.05, 0) is 98.4 Å². The molecule has 5 amide bonds. The molecule has 408 valence electrons. The maximum atomic E-state index is 14.8. The quantitative estimate of drug-likeness (QED) is 0.131. The Kier molecular flexibility index (Phi) is 16.8. The van der Waals surface area contributed by atoms with Crippen molar-refractivity contribution in [3.05, 3.63) is 71.6 Å². The summed E-state index contributed by atoms with van der Waals surface area (Å²) in [5, 5.41) is 5.01. The molecular formula is C54H71F4N9O8. The van der Waals surface area contributed by atoms with E-state index >= 15 is 0 Å². The molecule has 2 N–H and O–H groups in total. The Hall–Kier alpha value is -5.90. The van der Waals surface area contributed by atoms with Crippen LogP contribution in [0.3, 0.4) is 0 Å². The Balaban J connectivity index is 1.10. The van der Waals surface area contributed by atoms with Gasteiger partial charge in [0.05, 0.1) is 36.2 Å². The fourth-order valence-corrected chi connectivity index (χ4v) is 11.3. The lowest BCUT2D eigenvalue weighted by molar-refractivity contribution is -0.155. The number of urea groups is 1. The normalized spacial score (nSPS) is 23.3. The maximum absolute atomic E-state index is 14.8. The van der Waals surface area contributed by atoms with Gasteiger partial charge in [-0.1, -0.05) is 39.8 Å². The predicted molar refractivity (Wildman–Crippen MR) is 272 cm³/mol. The molecule has 1 spiro atoms. The number of hydrogen-bond acceptors (Lipinski definition) is 11. The van der Waals surface area contributed by atoms with Gasteiger partial charge in [0.15, 0.2) is 0 Å². The van der Waals surface area contributed by atoms with E-state index in [-0.39, 0.29) is 50.7 Å². The summed E-state index contributed by atoms with van der Waals surface area (Å²) < 4.78 is 76.0. The number of alkyl halides is 4. The average Bonchev–Trinajstić information content (AvgIpc) is 3.93. The molecule has 17 nitrogen and oxygen atoms in total. The van der Waals surface area contributed by atoms with Crippen molar-refractivity contribution >= 4 is 46.2 Å². The molecule has 3 saturated heterocycles. The smallest absolute Gasteiger partial charge is 0.406 e. The van der Waals surface area contributed by atoms with Crippen LogP contribution < -0.4 is 10.7 Å². The Morgan fingerprint density at radius 3 is 2.53 bits per heavy atom. The molecule has 21 heteroatoms. The number of nitrogens with zero attached hydrogens (tertiary/aromatic N) is 7. The molecule has 0 aliphatic carbocycles. The van der Waals surface area contributed by atoms with Crippen molar-refractivity contribution in [3.8, 4) is 11.3 Å². The van der Waals surface area contributed by atoms with E-state index in [0.29, 0.717) is 98.2 Å². The average molecular weight is 1050 g/mol. The summed E-state index contributed by atoms with van der Waals surface area (Å²) in [4.78, 5) is 81.5. The zero-order valence-electron chi connectivity index (χ0n) is 44.0. The number of ether oxygens (including phenoxy) is 3.